The van der Waals surface area contributed by atoms with Gasteiger partial charge in [-0.1, -0.05) is 0 Å². The second kappa shape index (κ2) is 6.37. The lowest BCUT2D eigenvalue weighted by atomic mass is 10.3. The van der Waals surface area contributed by atoms with Crippen LogP contribution >= 0.6 is 24.4 Å². The summed E-state index contributed by atoms with van der Waals surface area (Å²) in [6, 6.07) is 3.81. The number of pyridine rings is 1. The normalized spacial score (nSPS) is 14.9. The van der Waals surface area contributed by atoms with E-state index in [1.807, 2.05) is 19.1 Å². The summed E-state index contributed by atoms with van der Waals surface area (Å²) in [7, 11) is 0. The van der Waals surface area contributed by atoms with Gasteiger partial charge in [0.2, 0.25) is 0 Å². The Labute approximate surface area is 99.3 Å². The van der Waals surface area contributed by atoms with Gasteiger partial charge in [0.15, 0.2) is 0 Å². The van der Waals surface area contributed by atoms with E-state index in [2.05, 4.69) is 17.6 Å². The number of hydrogen-bond donors (Lipinski definition) is 3. The average Bonchev–Trinajstić information content (AvgIpc) is 2.26. The zero-order valence-electron chi connectivity index (χ0n) is 8.50. The number of thiol groups is 1. The highest BCUT2D eigenvalue weighted by Crippen LogP contribution is 2.21. The fourth-order valence-electron chi connectivity index (χ4n) is 1.03. The Balaban J connectivity index is 2.47. The van der Waals surface area contributed by atoms with E-state index in [-0.39, 0.29) is 5.75 Å². The van der Waals surface area contributed by atoms with Crippen molar-refractivity contribution >= 4 is 24.4 Å². The lowest BCUT2D eigenvalue weighted by Gasteiger charge is -2.15. The molecule has 0 aromatic carbocycles. The zero-order valence-corrected chi connectivity index (χ0v) is 10.2. The van der Waals surface area contributed by atoms with Crippen molar-refractivity contribution in [2.75, 3.05) is 11.5 Å². The Morgan fingerprint density at radius 1 is 1.47 bits per heavy atom. The fraction of sp³-hybridized carbons (Fsp3) is 0.500. The number of nitrogens with zero attached hydrogens (tertiary/aromatic N) is 1. The van der Waals surface area contributed by atoms with E-state index in [4.69, 9.17) is 0 Å². The molecule has 0 aliphatic heterocycles. The topological polar surface area (TPSA) is 53.4 Å². The zero-order chi connectivity index (χ0) is 11.3. The Kier molecular flexibility index (Phi) is 5.45. The molecule has 1 rings (SSSR count). The van der Waals surface area contributed by atoms with Crippen LogP contribution in [0.25, 0.3) is 0 Å². The summed E-state index contributed by atoms with van der Waals surface area (Å²) in [6.45, 7) is 1.92. The molecule has 1 heterocycles. The standard InChI is InChI=1S/C10H15NO2S2/c1-7-10(3-2-4-11-7)15-6-9(13)8(12)5-14/h2-4,8-9,12-14H,5-6H2,1H3. The number of aliphatic hydroxyl groups excluding tert-OH is 2. The molecule has 1 aromatic rings. The van der Waals surface area contributed by atoms with Gasteiger partial charge < -0.3 is 10.2 Å². The van der Waals surface area contributed by atoms with Gasteiger partial charge in [0, 0.05) is 22.6 Å². The largest absolute Gasteiger partial charge is 0.390 e. The van der Waals surface area contributed by atoms with Gasteiger partial charge in [-0.15, -0.1) is 11.8 Å². The second-order valence-electron chi connectivity index (χ2n) is 3.22. The molecule has 15 heavy (non-hydrogen) atoms. The molecule has 0 amide bonds. The molecule has 3 nitrogen and oxygen atoms in total. The highest BCUT2D eigenvalue weighted by molar-refractivity contribution is 7.99. The van der Waals surface area contributed by atoms with Crippen molar-refractivity contribution in [3.63, 3.8) is 0 Å². The third-order valence-electron chi connectivity index (χ3n) is 2.00. The van der Waals surface area contributed by atoms with Gasteiger partial charge in [-0.3, -0.25) is 4.98 Å². The van der Waals surface area contributed by atoms with Crippen LogP contribution in [-0.2, 0) is 0 Å². The van der Waals surface area contributed by atoms with Gasteiger partial charge in [0.1, 0.15) is 0 Å². The van der Waals surface area contributed by atoms with E-state index in [0.29, 0.717) is 5.75 Å². The molecule has 0 fully saturated rings. The first-order chi connectivity index (χ1) is 7.15. The maximum atomic E-state index is 9.53. The SMILES string of the molecule is Cc1ncccc1SCC(O)C(O)CS. The second-order valence-corrected chi connectivity index (χ2v) is 4.64. The molecule has 0 spiro atoms. The summed E-state index contributed by atoms with van der Waals surface area (Å²) in [6.07, 6.45) is 0.225. The van der Waals surface area contributed by atoms with E-state index in [1.165, 1.54) is 11.8 Å². The summed E-state index contributed by atoms with van der Waals surface area (Å²) in [4.78, 5) is 5.17. The van der Waals surface area contributed by atoms with Gasteiger partial charge in [0.25, 0.3) is 0 Å². The van der Waals surface area contributed by atoms with Crippen LogP contribution in [0.4, 0.5) is 0 Å². The van der Waals surface area contributed by atoms with Crippen molar-refractivity contribution < 1.29 is 10.2 Å². The summed E-state index contributed by atoms with van der Waals surface area (Å²) in [5.74, 6) is 0.724. The van der Waals surface area contributed by atoms with Gasteiger partial charge in [-0.05, 0) is 19.1 Å². The average molecular weight is 245 g/mol. The first-order valence-electron chi connectivity index (χ1n) is 4.66. The highest BCUT2D eigenvalue weighted by atomic mass is 32.2. The number of aryl methyl sites for hydroxylation is 1. The quantitative estimate of drug-likeness (QED) is 0.538. The van der Waals surface area contributed by atoms with E-state index in [1.54, 1.807) is 6.20 Å². The van der Waals surface area contributed by atoms with Crippen molar-refractivity contribution in [3.05, 3.63) is 24.0 Å². The molecular weight excluding hydrogens is 230 g/mol. The lowest BCUT2D eigenvalue weighted by Crippen LogP contribution is -2.29. The third kappa shape index (κ3) is 4.03. The molecule has 2 N–H and O–H groups in total. The number of hydrogen-bond acceptors (Lipinski definition) is 5. The Hall–Kier alpha value is -0.230. The minimum absolute atomic E-state index is 0.272. The third-order valence-corrected chi connectivity index (χ3v) is 3.62. The Morgan fingerprint density at radius 2 is 2.20 bits per heavy atom. The number of aliphatic hydroxyl groups is 2. The molecule has 0 aliphatic rings. The van der Waals surface area contributed by atoms with Gasteiger partial charge >= 0.3 is 0 Å². The van der Waals surface area contributed by atoms with E-state index >= 15 is 0 Å². The van der Waals surface area contributed by atoms with Crippen LogP contribution in [0.3, 0.4) is 0 Å². The van der Waals surface area contributed by atoms with Gasteiger partial charge in [-0.2, -0.15) is 12.6 Å². The van der Waals surface area contributed by atoms with Crippen molar-refractivity contribution in [1.82, 2.24) is 4.98 Å². The van der Waals surface area contributed by atoms with Crippen LogP contribution in [0.15, 0.2) is 23.2 Å². The molecule has 0 saturated carbocycles. The van der Waals surface area contributed by atoms with Crippen LogP contribution < -0.4 is 0 Å². The van der Waals surface area contributed by atoms with E-state index in [9.17, 15) is 10.2 Å². The van der Waals surface area contributed by atoms with Crippen molar-refractivity contribution in [3.8, 4) is 0 Å². The highest BCUT2D eigenvalue weighted by Gasteiger charge is 2.15. The van der Waals surface area contributed by atoms with Crippen molar-refractivity contribution in [1.29, 1.82) is 0 Å². The number of rotatable bonds is 5. The molecule has 2 atom stereocenters. The van der Waals surface area contributed by atoms with Crippen LogP contribution in [0.5, 0.6) is 0 Å². The summed E-state index contributed by atoms with van der Waals surface area (Å²) < 4.78 is 0. The Morgan fingerprint density at radius 3 is 2.80 bits per heavy atom. The molecule has 0 saturated heterocycles. The van der Waals surface area contributed by atoms with Gasteiger partial charge in [0.05, 0.1) is 17.9 Å². The summed E-state index contributed by atoms with van der Waals surface area (Å²) in [5, 5.41) is 18.8. The predicted molar refractivity (Wildman–Crippen MR) is 65.6 cm³/mol. The van der Waals surface area contributed by atoms with Crippen molar-refractivity contribution in [2.24, 2.45) is 0 Å². The summed E-state index contributed by atoms with van der Waals surface area (Å²) in [5.41, 5.74) is 0.940. The lowest BCUT2D eigenvalue weighted by molar-refractivity contribution is 0.0502. The molecular formula is C10H15NO2S2. The molecule has 0 aliphatic carbocycles. The van der Waals surface area contributed by atoms with Crippen LogP contribution in [-0.4, -0.2) is 38.9 Å². The monoisotopic (exact) mass is 245 g/mol. The van der Waals surface area contributed by atoms with Gasteiger partial charge in [-0.25, -0.2) is 0 Å². The fourth-order valence-corrected chi connectivity index (χ4v) is 2.28. The predicted octanol–water partition coefficient (Wildman–Crippen LogP) is 1.13. The van der Waals surface area contributed by atoms with E-state index in [0.717, 1.165) is 10.6 Å². The minimum Gasteiger partial charge on any atom is -0.390 e. The smallest absolute Gasteiger partial charge is 0.0900 e. The first-order valence-corrected chi connectivity index (χ1v) is 6.28. The molecule has 5 heteroatoms. The molecule has 0 bridgehead atoms. The van der Waals surface area contributed by atoms with Crippen molar-refractivity contribution in [2.45, 2.75) is 24.0 Å². The molecule has 2 unspecified atom stereocenters. The minimum atomic E-state index is -0.766. The number of thioether (sulfide) groups is 1. The molecule has 0 radical (unpaired) electrons. The van der Waals surface area contributed by atoms with Crippen LogP contribution in [0.2, 0.25) is 0 Å². The Bertz CT molecular complexity index is 309. The maximum absolute atomic E-state index is 9.53. The number of aromatic nitrogens is 1. The van der Waals surface area contributed by atoms with Crippen LogP contribution in [0, 0.1) is 6.92 Å². The van der Waals surface area contributed by atoms with Crippen LogP contribution in [0.1, 0.15) is 5.69 Å². The first kappa shape index (κ1) is 12.8. The molecule has 1 aromatic heterocycles. The van der Waals surface area contributed by atoms with E-state index < -0.39 is 12.2 Å². The summed E-state index contributed by atoms with van der Waals surface area (Å²) >= 11 is 5.42. The maximum Gasteiger partial charge on any atom is 0.0900 e. The molecule has 84 valence electrons.